The summed E-state index contributed by atoms with van der Waals surface area (Å²) in [7, 11) is 2.10. The maximum Gasteiger partial charge on any atom is 0.387 e. The van der Waals surface area contributed by atoms with E-state index in [4.69, 9.17) is 4.74 Å². The van der Waals surface area contributed by atoms with Crippen molar-refractivity contribution in [3.63, 3.8) is 0 Å². The fourth-order valence-corrected chi connectivity index (χ4v) is 5.58. The lowest BCUT2D eigenvalue weighted by molar-refractivity contribution is -0.0494. The van der Waals surface area contributed by atoms with Crippen molar-refractivity contribution >= 4 is 23.1 Å². The van der Waals surface area contributed by atoms with Crippen LogP contribution in [0.25, 0.3) is 16.9 Å². The third kappa shape index (κ3) is 5.24. The van der Waals surface area contributed by atoms with Gasteiger partial charge >= 0.3 is 6.61 Å². The molecule has 1 saturated heterocycles. The highest BCUT2D eigenvalue weighted by molar-refractivity contribution is 8.00. The van der Waals surface area contributed by atoms with E-state index in [2.05, 4.69) is 37.5 Å². The molecule has 0 aliphatic carbocycles. The normalized spacial score (nSPS) is 17.7. The second kappa shape index (κ2) is 10.2. The van der Waals surface area contributed by atoms with Crippen LogP contribution >= 0.6 is 11.8 Å². The van der Waals surface area contributed by atoms with E-state index >= 15 is 0 Å². The smallest absolute Gasteiger partial charge is 0.387 e. The number of piperidine rings is 1. The summed E-state index contributed by atoms with van der Waals surface area (Å²) in [4.78, 5) is 7.49. The summed E-state index contributed by atoms with van der Waals surface area (Å²) in [6, 6.07) is 6.90. The number of hydrogen-bond donors (Lipinski definition) is 3. The lowest BCUT2D eigenvalue weighted by Gasteiger charge is -2.29. The van der Waals surface area contributed by atoms with Crippen LogP contribution in [0.3, 0.4) is 0 Å². The second-order valence-electron chi connectivity index (χ2n) is 8.37. The molecule has 1 aliphatic rings. The Hall–Kier alpha value is -3.22. The molecule has 1 fully saturated rings. The number of benzene rings is 1. The fourth-order valence-electron chi connectivity index (χ4n) is 4.25. The quantitative estimate of drug-likeness (QED) is 0.311. The minimum absolute atomic E-state index is 0.0181. The van der Waals surface area contributed by atoms with Crippen LogP contribution in [0.2, 0.25) is 0 Å². The van der Waals surface area contributed by atoms with Crippen LogP contribution in [-0.4, -0.2) is 66.8 Å². The van der Waals surface area contributed by atoms with Crippen molar-refractivity contribution in [2.75, 3.05) is 25.5 Å². The highest BCUT2D eigenvalue weighted by Crippen LogP contribution is 2.40. The van der Waals surface area contributed by atoms with Gasteiger partial charge in [-0.2, -0.15) is 19.0 Å². The molecule has 184 valence electrons. The van der Waals surface area contributed by atoms with E-state index in [1.54, 1.807) is 46.9 Å². The van der Waals surface area contributed by atoms with E-state index in [1.807, 2.05) is 6.07 Å². The molecule has 0 saturated carbocycles. The van der Waals surface area contributed by atoms with Gasteiger partial charge in [-0.25, -0.2) is 9.50 Å². The zero-order chi connectivity index (χ0) is 24.4. The lowest BCUT2D eigenvalue weighted by atomic mass is 10.1. The molecule has 1 aromatic carbocycles. The summed E-state index contributed by atoms with van der Waals surface area (Å²) in [5.41, 5.74) is 2.23. The summed E-state index contributed by atoms with van der Waals surface area (Å²) in [5.74, 6) is 0.0181. The Bertz CT molecular complexity index is 1300. The van der Waals surface area contributed by atoms with Crippen molar-refractivity contribution in [1.82, 2.24) is 29.7 Å². The molecule has 0 amide bonds. The molecule has 12 heteroatoms. The van der Waals surface area contributed by atoms with Gasteiger partial charge in [-0.15, -0.1) is 11.8 Å². The van der Waals surface area contributed by atoms with Crippen molar-refractivity contribution < 1.29 is 18.6 Å². The van der Waals surface area contributed by atoms with Crippen LogP contribution in [0.15, 0.2) is 53.9 Å². The van der Waals surface area contributed by atoms with Gasteiger partial charge in [0, 0.05) is 34.6 Å². The molecule has 5 rings (SSSR count). The van der Waals surface area contributed by atoms with Gasteiger partial charge in [0.2, 0.25) is 0 Å². The second-order valence-corrected chi connectivity index (χ2v) is 9.75. The number of nitrogens with zero attached hydrogens (tertiary/aromatic N) is 5. The van der Waals surface area contributed by atoms with E-state index in [1.165, 1.54) is 12.4 Å². The minimum atomic E-state index is -2.98. The number of thioether (sulfide) groups is 1. The molecule has 3 aromatic heterocycles. The number of anilines is 1. The Morgan fingerprint density at radius 1 is 1.31 bits per heavy atom. The first-order valence-corrected chi connectivity index (χ1v) is 12.1. The van der Waals surface area contributed by atoms with E-state index in [9.17, 15) is 13.9 Å². The summed E-state index contributed by atoms with van der Waals surface area (Å²) in [5, 5.41) is 25.4. The van der Waals surface area contributed by atoms with Crippen molar-refractivity contribution in [2.45, 2.75) is 35.8 Å². The van der Waals surface area contributed by atoms with Gasteiger partial charge in [0.1, 0.15) is 5.75 Å². The average Bonchev–Trinajstić information content (AvgIpc) is 3.47. The molecule has 1 aliphatic heterocycles. The van der Waals surface area contributed by atoms with E-state index in [0.717, 1.165) is 30.8 Å². The van der Waals surface area contributed by atoms with E-state index in [-0.39, 0.29) is 5.75 Å². The zero-order valence-electron chi connectivity index (χ0n) is 18.9. The van der Waals surface area contributed by atoms with Gasteiger partial charge in [0.05, 0.1) is 29.3 Å². The van der Waals surface area contributed by atoms with Crippen LogP contribution in [0.4, 0.5) is 14.5 Å². The highest BCUT2D eigenvalue weighted by Gasteiger charge is 2.23. The fraction of sp³-hybridized carbons (Fsp3) is 0.348. The number of likely N-dealkylation sites (tertiary alicyclic amines) is 1. The summed E-state index contributed by atoms with van der Waals surface area (Å²) in [6.45, 7) is -0.933. The molecule has 0 bridgehead atoms. The van der Waals surface area contributed by atoms with Crippen LogP contribution in [0.5, 0.6) is 5.75 Å². The van der Waals surface area contributed by atoms with Crippen molar-refractivity contribution in [2.24, 2.45) is 0 Å². The number of H-pyrrole nitrogens is 1. The Morgan fingerprint density at radius 2 is 2.20 bits per heavy atom. The zero-order valence-corrected chi connectivity index (χ0v) is 19.8. The monoisotopic (exact) mass is 501 g/mol. The van der Waals surface area contributed by atoms with Crippen LogP contribution in [0, 0.1) is 0 Å². The number of ether oxygens (including phenoxy) is 1. The number of aliphatic hydroxyl groups excluding tert-OH is 1. The Kier molecular flexibility index (Phi) is 6.84. The molecule has 4 aromatic rings. The maximum atomic E-state index is 13.2. The maximum absolute atomic E-state index is 13.2. The topological polar surface area (TPSA) is 104 Å². The third-order valence-electron chi connectivity index (χ3n) is 5.85. The first-order valence-electron chi connectivity index (χ1n) is 11.2. The largest absolute Gasteiger partial charge is 0.434 e. The highest BCUT2D eigenvalue weighted by atomic mass is 32.2. The molecular formula is C23H25F2N7O2S. The molecule has 0 spiro atoms. The van der Waals surface area contributed by atoms with Crippen molar-refractivity contribution in [3.05, 3.63) is 54.6 Å². The molecule has 9 nitrogen and oxygen atoms in total. The van der Waals surface area contributed by atoms with Gasteiger partial charge < -0.3 is 20.1 Å². The number of alkyl halides is 2. The SMILES string of the molecule is CN1CCCC(Sc2ccc(OC(F)F)c(-c3[nH]ncc3NC(O)c3cnn4cccnc34)c2)C1. The molecular weight excluding hydrogens is 476 g/mol. The number of fused-ring (bicyclic) bond motifs is 1. The number of aromatic nitrogens is 5. The van der Waals surface area contributed by atoms with Gasteiger partial charge in [-0.05, 0) is 50.7 Å². The summed E-state index contributed by atoms with van der Waals surface area (Å²) < 4.78 is 32.7. The van der Waals surface area contributed by atoms with Crippen LogP contribution < -0.4 is 10.1 Å². The summed E-state index contributed by atoms with van der Waals surface area (Å²) >= 11 is 1.72. The number of halogens is 2. The Morgan fingerprint density at radius 3 is 3.03 bits per heavy atom. The molecule has 2 unspecified atom stereocenters. The first-order chi connectivity index (χ1) is 17.0. The standard InChI is InChI=1S/C23H25F2N7O2S/c1-31-8-2-4-15(13-31)35-14-5-6-19(34-23(24)25)16(10-14)20-18(12-27-30-20)29-22(33)17-11-28-32-9-3-7-26-21(17)32/h3,5-7,9-12,15,22-23,29,33H,2,4,8,13H2,1H3,(H,27,30). The molecule has 4 heterocycles. The molecule has 3 N–H and O–H groups in total. The van der Waals surface area contributed by atoms with E-state index in [0.29, 0.717) is 33.4 Å². The lowest BCUT2D eigenvalue weighted by Crippen LogP contribution is -2.33. The predicted octanol–water partition coefficient (Wildman–Crippen LogP) is 4.01. The van der Waals surface area contributed by atoms with E-state index < -0.39 is 12.8 Å². The van der Waals surface area contributed by atoms with Gasteiger partial charge in [0.15, 0.2) is 11.9 Å². The van der Waals surface area contributed by atoms with Crippen molar-refractivity contribution in [3.8, 4) is 17.0 Å². The molecule has 2 atom stereocenters. The number of rotatable bonds is 8. The minimum Gasteiger partial charge on any atom is -0.434 e. The third-order valence-corrected chi connectivity index (χ3v) is 7.10. The van der Waals surface area contributed by atoms with Gasteiger partial charge in [-0.3, -0.25) is 5.10 Å². The number of hydrogen-bond acceptors (Lipinski definition) is 8. The molecule has 0 radical (unpaired) electrons. The summed E-state index contributed by atoms with van der Waals surface area (Å²) in [6.07, 6.45) is 7.40. The predicted molar refractivity (Wildman–Crippen MR) is 129 cm³/mol. The first kappa shape index (κ1) is 23.5. The Labute approximate surface area is 204 Å². The number of aliphatic hydroxyl groups is 1. The molecule has 35 heavy (non-hydrogen) atoms. The van der Waals surface area contributed by atoms with Crippen LogP contribution in [-0.2, 0) is 0 Å². The van der Waals surface area contributed by atoms with Gasteiger partial charge in [0.25, 0.3) is 0 Å². The number of aromatic amines is 1. The number of nitrogens with one attached hydrogen (secondary N) is 2. The van der Waals surface area contributed by atoms with Gasteiger partial charge in [-0.1, -0.05) is 0 Å². The Balaban J connectivity index is 1.44. The van der Waals surface area contributed by atoms with Crippen LogP contribution in [0.1, 0.15) is 24.6 Å². The van der Waals surface area contributed by atoms with Crippen molar-refractivity contribution in [1.29, 1.82) is 0 Å². The average molecular weight is 502 g/mol.